The van der Waals surface area contributed by atoms with Crippen LogP contribution in [0.2, 0.25) is 0 Å². The van der Waals surface area contributed by atoms with Crippen LogP contribution < -0.4 is 10.1 Å². The molecule has 1 aliphatic rings. The van der Waals surface area contributed by atoms with Crippen molar-refractivity contribution in [2.24, 2.45) is 0 Å². The molecule has 0 saturated heterocycles. The molecule has 2 rings (SSSR count). The molecule has 0 aliphatic heterocycles. The lowest BCUT2D eigenvalue weighted by atomic mass is 9.69. The van der Waals surface area contributed by atoms with Gasteiger partial charge in [-0.05, 0) is 43.5 Å². The maximum Gasteiger partial charge on any atom is 0.122 e. The molecule has 1 aromatic carbocycles. The molecule has 19 heavy (non-hydrogen) atoms. The van der Waals surface area contributed by atoms with E-state index in [0.29, 0.717) is 5.41 Å². The SMILES string of the molecule is CCc1cc(C2(CNC)CCCCC2)ccc1OC. The van der Waals surface area contributed by atoms with E-state index in [4.69, 9.17) is 4.74 Å². The normalized spacial score (nSPS) is 18.3. The highest BCUT2D eigenvalue weighted by molar-refractivity contribution is 5.40. The van der Waals surface area contributed by atoms with E-state index in [9.17, 15) is 0 Å². The minimum Gasteiger partial charge on any atom is -0.496 e. The average Bonchev–Trinajstić information content (AvgIpc) is 2.47. The largest absolute Gasteiger partial charge is 0.496 e. The zero-order valence-electron chi connectivity index (χ0n) is 12.6. The Morgan fingerprint density at radius 2 is 1.95 bits per heavy atom. The van der Waals surface area contributed by atoms with E-state index in [-0.39, 0.29) is 0 Å². The third kappa shape index (κ3) is 2.94. The number of ether oxygens (including phenoxy) is 1. The van der Waals surface area contributed by atoms with E-state index < -0.39 is 0 Å². The molecular formula is C17H27NO. The third-order valence-electron chi connectivity index (χ3n) is 4.60. The van der Waals surface area contributed by atoms with Gasteiger partial charge in [-0.3, -0.25) is 0 Å². The smallest absolute Gasteiger partial charge is 0.122 e. The molecule has 106 valence electrons. The van der Waals surface area contributed by atoms with Gasteiger partial charge in [-0.15, -0.1) is 0 Å². The summed E-state index contributed by atoms with van der Waals surface area (Å²) in [6, 6.07) is 6.81. The highest BCUT2D eigenvalue weighted by Gasteiger charge is 2.33. The second-order valence-electron chi connectivity index (χ2n) is 5.75. The first kappa shape index (κ1) is 14.4. The molecule has 1 aliphatic carbocycles. The van der Waals surface area contributed by atoms with Gasteiger partial charge in [-0.2, -0.15) is 0 Å². The van der Waals surface area contributed by atoms with Crippen molar-refractivity contribution in [1.29, 1.82) is 0 Å². The summed E-state index contributed by atoms with van der Waals surface area (Å²) in [7, 11) is 3.83. The van der Waals surface area contributed by atoms with Crippen LogP contribution in [0.15, 0.2) is 18.2 Å². The van der Waals surface area contributed by atoms with Crippen molar-refractivity contribution in [2.45, 2.75) is 50.9 Å². The van der Waals surface area contributed by atoms with Gasteiger partial charge in [0.1, 0.15) is 5.75 Å². The summed E-state index contributed by atoms with van der Waals surface area (Å²) in [6.07, 6.45) is 7.76. The summed E-state index contributed by atoms with van der Waals surface area (Å²) in [5.41, 5.74) is 3.17. The summed E-state index contributed by atoms with van der Waals surface area (Å²) in [4.78, 5) is 0. The summed E-state index contributed by atoms with van der Waals surface area (Å²) in [5.74, 6) is 1.03. The van der Waals surface area contributed by atoms with Crippen LogP contribution in [0.4, 0.5) is 0 Å². The lowest BCUT2D eigenvalue weighted by Gasteiger charge is -2.38. The van der Waals surface area contributed by atoms with E-state index in [1.807, 2.05) is 0 Å². The molecule has 0 unspecified atom stereocenters. The van der Waals surface area contributed by atoms with Gasteiger partial charge in [0.15, 0.2) is 0 Å². The highest BCUT2D eigenvalue weighted by atomic mass is 16.5. The fourth-order valence-corrected chi connectivity index (χ4v) is 3.52. The minimum absolute atomic E-state index is 0.336. The second kappa shape index (κ2) is 6.42. The van der Waals surface area contributed by atoms with E-state index in [1.165, 1.54) is 43.2 Å². The quantitative estimate of drug-likeness (QED) is 0.873. The number of benzene rings is 1. The molecule has 2 heteroatoms. The summed E-state index contributed by atoms with van der Waals surface area (Å²) in [5, 5.41) is 3.41. The van der Waals surface area contributed by atoms with E-state index in [1.54, 1.807) is 7.11 Å². The van der Waals surface area contributed by atoms with E-state index >= 15 is 0 Å². The van der Waals surface area contributed by atoms with Crippen molar-refractivity contribution in [3.05, 3.63) is 29.3 Å². The van der Waals surface area contributed by atoms with Crippen LogP contribution in [0.5, 0.6) is 5.75 Å². The lowest BCUT2D eigenvalue weighted by Crippen LogP contribution is -2.38. The Kier molecular flexibility index (Phi) is 4.87. The van der Waals surface area contributed by atoms with Gasteiger partial charge < -0.3 is 10.1 Å². The first-order chi connectivity index (χ1) is 9.25. The molecule has 1 saturated carbocycles. The summed E-state index contributed by atoms with van der Waals surface area (Å²) < 4.78 is 5.46. The number of methoxy groups -OCH3 is 1. The number of aryl methyl sites for hydroxylation is 1. The molecule has 2 nitrogen and oxygen atoms in total. The van der Waals surface area contributed by atoms with Gasteiger partial charge in [0, 0.05) is 12.0 Å². The van der Waals surface area contributed by atoms with Gasteiger partial charge in [-0.25, -0.2) is 0 Å². The molecular weight excluding hydrogens is 234 g/mol. The van der Waals surface area contributed by atoms with Crippen molar-refractivity contribution in [1.82, 2.24) is 5.32 Å². The minimum atomic E-state index is 0.336. The van der Waals surface area contributed by atoms with Crippen LogP contribution in [-0.4, -0.2) is 20.7 Å². The standard InChI is InChI=1S/C17H27NO/c1-4-14-12-15(8-9-16(14)19-3)17(13-18-2)10-6-5-7-11-17/h8-9,12,18H,4-7,10-11,13H2,1-3H3. The Bertz CT molecular complexity index is 402. The van der Waals surface area contributed by atoms with Crippen LogP contribution in [-0.2, 0) is 11.8 Å². The first-order valence-electron chi connectivity index (χ1n) is 7.58. The monoisotopic (exact) mass is 261 g/mol. The molecule has 1 N–H and O–H groups in total. The van der Waals surface area contributed by atoms with Crippen molar-refractivity contribution in [3.8, 4) is 5.75 Å². The van der Waals surface area contributed by atoms with Crippen LogP contribution in [0.3, 0.4) is 0 Å². The Balaban J connectivity index is 2.36. The maximum absolute atomic E-state index is 5.46. The zero-order chi connectivity index (χ0) is 13.7. The van der Waals surface area contributed by atoms with Crippen LogP contribution in [0.1, 0.15) is 50.2 Å². The predicted octanol–water partition coefficient (Wildman–Crippen LogP) is 3.68. The Labute approximate surface area is 117 Å². The van der Waals surface area contributed by atoms with Crippen molar-refractivity contribution in [3.63, 3.8) is 0 Å². The summed E-state index contributed by atoms with van der Waals surface area (Å²) >= 11 is 0. The first-order valence-corrected chi connectivity index (χ1v) is 7.58. The molecule has 0 heterocycles. The number of hydrogen-bond donors (Lipinski definition) is 1. The predicted molar refractivity (Wildman–Crippen MR) is 81.1 cm³/mol. The van der Waals surface area contributed by atoms with Gasteiger partial charge in [0.25, 0.3) is 0 Å². The number of rotatable bonds is 5. The van der Waals surface area contributed by atoms with Crippen LogP contribution >= 0.6 is 0 Å². The number of likely N-dealkylation sites (N-methyl/N-ethyl adjacent to an activating group) is 1. The van der Waals surface area contributed by atoms with Crippen LogP contribution in [0, 0.1) is 0 Å². The van der Waals surface area contributed by atoms with E-state index in [0.717, 1.165) is 18.7 Å². The van der Waals surface area contributed by atoms with Gasteiger partial charge in [0.2, 0.25) is 0 Å². The average molecular weight is 261 g/mol. The second-order valence-corrected chi connectivity index (χ2v) is 5.75. The molecule has 1 aromatic rings. The molecule has 0 amide bonds. The van der Waals surface area contributed by atoms with Gasteiger partial charge >= 0.3 is 0 Å². The fraction of sp³-hybridized carbons (Fsp3) is 0.647. The van der Waals surface area contributed by atoms with Crippen molar-refractivity contribution in [2.75, 3.05) is 20.7 Å². The fourth-order valence-electron chi connectivity index (χ4n) is 3.52. The molecule has 0 aromatic heterocycles. The molecule has 0 radical (unpaired) electrons. The van der Waals surface area contributed by atoms with Crippen molar-refractivity contribution < 1.29 is 4.74 Å². The summed E-state index contributed by atoms with van der Waals surface area (Å²) in [6.45, 7) is 3.29. The van der Waals surface area contributed by atoms with Gasteiger partial charge in [0.05, 0.1) is 7.11 Å². The maximum atomic E-state index is 5.46. The Morgan fingerprint density at radius 1 is 1.21 bits per heavy atom. The van der Waals surface area contributed by atoms with Gasteiger partial charge in [-0.1, -0.05) is 38.3 Å². The van der Waals surface area contributed by atoms with Crippen LogP contribution in [0.25, 0.3) is 0 Å². The molecule has 0 spiro atoms. The third-order valence-corrected chi connectivity index (χ3v) is 4.60. The molecule has 0 bridgehead atoms. The van der Waals surface area contributed by atoms with E-state index in [2.05, 4.69) is 37.5 Å². The number of nitrogens with one attached hydrogen (secondary N) is 1. The molecule has 1 fully saturated rings. The zero-order valence-corrected chi connectivity index (χ0v) is 12.6. The Hall–Kier alpha value is -1.02. The Morgan fingerprint density at radius 3 is 2.53 bits per heavy atom. The highest BCUT2D eigenvalue weighted by Crippen LogP contribution is 2.40. The van der Waals surface area contributed by atoms with Crippen molar-refractivity contribution >= 4 is 0 Å². The number of hydrogen-bond acceptors (Lipinski definition) is 2. The lowest BCUT2D eigenvalue weighted by molar-refractivity contribution is 0.285. The molecule has 0 atom stereocenters. The topological polar surface area (TPSA) is 21.3 Å².